The Morgan fingerprint density at radius 1 is 1.22 bits per heavy atom. The number of nitrogens with zero attached hydrogens (tertiary/aromatic N) is 2. The largest absolute Gasteiger partial charge is 0.497 e. The highest BCUT2D eigenvalue weighted by atomic mass is 32.1. The van der Waals surface area contributed by atoms with E-state index in [0.29, 0.717) is 16.7 Å². The minimum Gasteiger partial charge on any atom is -0.497 e. The maximum atomic E-state index is 12.7. The molecular formula is C17H13F3N4O2S. The first-order chi connectivity index (χ1) is 12.8. The van der Waals surface area contributed by atoms with Gasteiger partial charge < -0.3 is 20.1 Å². The van der Waals surface area contributed by atoms with Crippen LogP contribution in [0, 0.1) is 0 Å². The SMILES string of the molecule is COc1ccc2c(N=NC(=S)Nc3cccc(C(F)(F)F)c3)c(O)[nH]c2c1. The number of anilines is 1. The summed E-state index contributed by atoms with van der Waals surface area (Å²) in [7, 11) is 1.52. The zero-order valence-electron chi connectivity index (χ0n) is 13.8. The van der Waals surface area contributed by atoms with Gasteiger partial charge in [0.2, 0.25) is 11.0 Å². The molecule has 2 aromatic carbocycles. The van der Waals surface area contributed by atoms with E-state index in [1.165, 1.54) is 19.2 Å². The molecule has 0 aliphatic carbocycles. The highest BCUT2D eigenvalue weighted by molar-refractivity contribution is 7.80. The molecule has 0 unspecified atom stereocenters. The summed E-state index contributed by atoms with van der Waals surface area (Å²) in [5, 5.41) is 20.6. The number of alkyl halides is 3. The van der Waals surface area contributed by atoms with Crippen LogP contribution in [0.15, 0.2) is 52.7 Å². The van der Waals surface area contributed by atoms with E-state index < -0.39 is 11.7 Å². The molecule has 1 aromatic heterocycles. The summed E-state index contributed by atoms with van der Waals surface area (Å²) in [6.45, 7) is 0. The Balaban J connectivity index is 1.80. The first kappa shape index (κ1) is 18.6. The van der Waals surface area contributed by atoms with Crippen molar-refractivity contribution >= 4 is 39.6 Å². The Morgan fingerprint density at radius 3 is 2.70 bits per heavy atom. The lowest BCUT2D eigenvalue weighted by molar-refractivity contribution is -0.137. The molecule has 10 heteroatoms. The number of aromatic nitrogens is 1. The van der Waals surface area contributed by atoms with E-state index >= 15 is 0 Å². The van der Waals surface area contributed by atoms with Crippen molar-refractivity contribution in [2.24, 2.45) is 10.2 Å². The van der Waals surface area contributed by atoms with Gasteiger partial charge in [-0.25, -0.2) is 0 Å². The van der Waals surface area contributed by atoms with E-state index in [9.17, 15) is 18.3 Å². The number of H-pyrrole nitrogens is 1. The van der Waals surface area contributed by atoms with E-state index in [0.717, 1.165) is 12.1 Å². The molecule has 0 amide bonds. The zero-order chi connectivity index (χ0) is 19.6. The van der Waals surface area contributed by atoms with Gasteiger partial charge in [0.05, 0.1) is 18.2 Å². The molecule has 0 bridgehead atoms. The monoisotopic (exact) mass is 394 g/mol. The lowest BCUT2D eigenvalue weighted by Gasteiger charge is -2.09. The number of azo groups is 1. The van der Waals surface area contributed by atoms with Crippen LogP contribution in [0.1, 0.15) is 5.56 Å². The maximum absolute atomic E-state index is 12.7. The van der Waals surface area contributed by atoms with Crippen LogP contribution in [0.2, 0.25) is 0 Å². The molecule has 0 aliphatic rings. The van der Waals surface area contributed by atoms with Gasteiger partial charge in [-0.15, -0.1) is 10.2 Å². The number of fused-ring (bicyclic) bond motifs is 1. The van der Waals surface area contributed by atoms with Gasteiger partial charge >= 0.3 is 6.18 Å². The van der Waals surface area contributed by atoms with Gasteiger partial charge in [-0.2, -0.15) is 13.2 Å². The van der Waals surface area contributed by atoms with Crippen molar-refractivity contribution in [1.29, 1.82) is 0 Å². The van der Waals surface area contributed by atoms with Gasteiger partial charge in [0.1, 0.15) is 5.75 Å². The van der Waals surface area contributed by atoms with Crippen molar-refractivity contribution in [2.45, 2.75) is 6.18 Å². The van der Waals surface area contributed by atoms with Gasteiger partial charge in [0, 0.05) is 17.1 Å². The standard InChI is InChI=1S/C17H13F3N4O2S/c1-26-11-5-6-12-13(8-11)22-15(25)14(12)23-24-16(27)21-10-4-2-3-9(7-10)17(18,19)20/h2-8,22,25H,1H3,(H,21,27). The number of benzene rings is 2. The summed E-state index contributed by atoms with van der Waals surface area (Å²) in [4.78, 5) is 2.73. The second-order valence-electron chi connectivity index (χ2n) is 5.44. The fourth-order valence-electron chi connectivity index (χ4n) is 2.39. The third kappa shape index (κ3) is 4.17. The molecule has 3 N–H and O–H groups in total. The van der Waals surface area contributed by atoms with Crippen molar-refractivity contribution in [3.63, 3.8) is 0 Å². The molecule has 27 heavy (non-hydrogen) atoms. The number of aromatic hydroxyl groups is 1. The first-order valence-electron chi connectivity index (χ1n) is 7.56. The summed E-state index contributed by atoms with van der Waals surface area (Å²) in [5.41, 5.74) is 0.0514. The molecular weight excluding hydrogens is 381 g/mol. The van der Waals surface area contributed by atoms with Gasteiger partial charge in [-0.3, -0.25) is 0 Å². The normalized spacial score (nSPS) is 11.9. The minimum atomic E-state index is -4.46. The summed E-state index contributed by atoms with van der Waals surface area (Å²) < 4.78 is 43.3. The number of halogens is 3. The van der Waals surface area contributed by atoms with Crippen LogP contribution < -0.4 is 10.1 Å². The van der Waals surface area contributed by atoms with Gasteiger partial charge in [-0.1, -0.05) is 6.07 Å². The smallest absolute Gasteiger partial charge is 0.416 e. The number of rotatable bonds is 3. The molecule has 3 aromatic rings. The summed E-state index contributed by atoms with van der Waals surface area (Å²) >= 11 is 4.99. The predicted molar refractivity (Wildman–Crippen MR) is 98.7 cm³/mol. The molecule has 1 heterocycles. The second kappa shape index (κ2) is 7.23. The molecule has 0 atom stereocenters. The Labute approximate surface area is 156 Å². The molecule has 0 saturated heterocycles. The highest BCUT2D eigenvalue weighted by Crippen LogP contribution is 2.37. The molecule has 0 spiro atoms. The molecule has 140 valence electrons. The average molecular weight is 394 g/mol. The second-order valence-corrected chi connectivity index (χ2v) is 5.83. The fourth-order valence-corrected chi connectivity index (χ4v) is 2.55. The topological polar surface area (TPSA) is 82.0 Å². The van der Waals surface area contributed by atoms with Crippen LogP contribution in [0.25, 0.3) is 10.9 Å². The van der Waals surface area contributed by atoms with Crippen molar-refractivity contribution in [3.05, 3.63) is 48.0 Å². The Bertz CT molecular complexity index is 1030. The van der Waals surface area contributed by atoms with Crippen LogP contribution >= 0.6 is 12.2 Å². The van der Waals surface area contributed by atoms with E-state index in [2.05, 4.69) is 20.5 Å². The van der Waals surface area contributed by atoms with Crippen molar-refractivity contribution in [3.8, 4) is 11.6 Å². The Morgan fingerprint density at radius 2 is 2.00 bits per heavy atom. The average Bonchev–Trinajstić information content (AvgIpc) is 2.93. The first-order valence-corrected chi connectivity index (χ1v) is 7.97. The fraction of sp³-hybridized carbons (Fsp3) is 0.118. The van der Waals surface area contributed by atoms with Crippen LogP contribution in [-0.2, 0) is 6.18 Å². The molecule has 0 saturated carbocycles. The number of nitrogens with one attached hydrogen (secondary N) is 2. The molecule has 0 aliphatic heterocycles. The number of aromatic amines is 1. The van der Waals surface area contributed by atoms with Crippen LogP contribution in [0.4, 0.5) is 24.5 Å². The number of ether oxygens (including phenoxy) is 1. The van der Waals surface area contributed by atoms with Crippen LogP contribution in [0.3, 0.4) is 0 Å². The highest BCUT2D eigenvalue weighted by Gasteiger charge is 2.30. The number of hydrogen-bond acceptors (Lipinski definition) is 4. The van der Waals surface area contributed by atoms with Gasteiger partial charge in [0.25, 0.3) is 0 Å². The van der Waals surface area contributed by atoms with E-state index in [-0.39, 0.29) is 22.4 Å². The number of methoxy groups -OCH3 is 1. The van der Waals surface area contributed by atoms with Gasteiger partial charge in [0.15, 0.2) is 5.69 Å². The van der Waals surface area contributed by atoms with E-state index in [4.69, 9.17) is 17.0 Å². The van der Waals surface area contributed by atoms with Gasteiger partial charge in [-0.05, 0) is 42.5 Å². The van der Waals surface area contributed by atoms with E-state index in [1.807, 2.05) is 0 Å². The third-order valence-electron chi connectivity index (χ3n) is 3.64. The number of hydrogen-bond donors (Lipinski definition) is 3. The zero-order valence-corrected chi connectivity index (χ0v) is 14.6. The number of thiocarbonyl (C=S) groups is 1. The molecule has 0 radical (unpaired) electrons. The molecule has 6 nitrogen and oxygen atoms in total. The minimum absolute atomic E-state index is 0.127. The molecule has 0 fully saturated rings. The quantitative estimate of drug-likeness (QED) is 0.411. The van der Waals surface area contributed by atoms with Crippen LogP contribution in [0.5, 0.6) is 11.6 Å². The summed E-state index contributed by atoms with van der Waals surface area (Å²) in [6, 6.07) is 9.59. The Hall–Kier alpha value is -3.14. The molecule has 3 rings (SSSR count). The maximum Gasteiger partial charge on any atom is 0.416 e. The lowest BCUT2D eigenvalue weighted by Crippen LogP contribution is -2.08. The summed E-state index contributed by atoms with van der Waals surface area (Å²) in [5.74, 6) is 0.373. The third-order valence-corrected chi connectivity index (χ3v) is 3.82. The van der Waals surface area contributed by atoms with Crippen LogP contribution in [-0.4, -0.2) is 22.3 Å². The summed E-state index contributed by atoms with van der Waals surface area (Å²) in [6.07, 6.45) is -4.46. The van der Waals surface area contributed by atoms with Crippen molar-refractivity contribution in [2.75, 3.05) is 12.4 Å². The lowest BCUT2D eigenvalue weighted by atomic mass is 10.2. The van der Waals surface area contributed by atoms with Crippen molar-refractivity contribution < 1.29 is 23.0 Å². The predicted octanol–water partition coefficient (Wildman–Crippen LogP) is 5.38. The van der Waals surface area contributed by atoms with Crippen molar-refractivity contribution in [1.82, 2.24) is 4.98 Å². The Kier molecular flexibility index (Phi) is 5.00. The van der Waals surface area contributed by atoms with E-state index in [1.54, 1.807) is 18.2 Å².